The first-order valence-corrected chi connectivity index (χ1v) is 11.1. The molecule has 0 bridgehead atoms. The van der Waals surface area contributed by atoms with Gasteiger partial charge in [0.15, 0.2) is 0 Å². The van der Waals surface area contributed by atoms with E-state index < -0.39 is 5.54 Å². The third-order valence-electron chi connectivity index (χ3n) is 6.26. The van der Waals surface area contributed by atoms with E-state index in [0.29, 0.717) is 27.8 Å². The Balaban J connectivity index is 2.16. The lowest BCUT2D eigenvalue weighted by Gasteiger charge is -2.38. The molecule has 160 valence electrons. The molecule has 1 N–H and O–H groups in total. The van der Waals surface area contributed by atoms with Crippen molar-refractivity contribution in [3.63, 3.8) is 0 Å². The van der Waals surface area contributed by atoms with Crippen LogP contribution >= 0.6 is 11.6 Å². The lowest BCUT2D eigenvalue weighted by atomic mass is 9.74. The molecule has 3 rings (SSSR count). The summed E-state index contributed by atoms with van der Waals surface area (Å²) in [4.78, 5) is 25.8. The summed E-state index contributed by atoms with van der Waals surface area (Å²) in [5.41, 5.74) is 2.00. The number of halogens is 1. The van der Waals surface area contributed by atoms with E-state index in [9.17, 15) is 9.59 Å². The molecule has 4 nitrogen and oxygen atoms in total. The summed E-state index contributed by atoms with van der Waals surface area (Å²) in [5, 5.41) is 3.61. The molecule has 1 saturated carbocycles. The number of carbonyl (C=O) groups is 2. The fourth-order valence-corrected chi connectivity index (χ4v) is 4.84. The number of aryl methyl sites for hydroxylation is 1. The van der Waals surface area contributed by atoms with Crippen molar-refractivity contribution in [2.24, 2.45) is 11.8 Å². The van der Waals surface area contributed by atoms with Crippen LogP contribution in [0.3, 0.4) is 0 Å². The van der Waals surface area contributed by atoms with Crippen LogP contribution in [0.15, 0.2) is 17.9 Å². The van der Waals surface area contributed by atoms with Crippen molar-refractivity contribution in [3.05, 3.63) is 39.6 Å². The van der Waals surface area contributed by atoms with Gasteiger partial charge in [-0.3, -0.25) is 9.59 Å². The third kappa shape index (κ3) is 4.14. The highest BCUT2D eigenvalue weighted by molar-refractivity contribution is 6.36. The zero-order valence-electron chi connectivity index (χ0n) is 18.4. The van der Waals surface area contributed by atoms with Gasteiger partial charge in [0.1, 0.15) is 5.76 Å². The number of hydrogen-bond acceptors (Lipinski definition) is 3. The van der Waals surface area contributed by atoms with Gasteiger partial charge in [-0.05, 0) is 63.1 Å². The van der Waals surface area contributed by atoms with Crippen LogP contribution in [0.4, 0.5) is 0 Å². The minimum atomic E-state index is -0.639. The second kappa shape index (κ2) is 8.86. The SMILES string of the molecule is CC#Cc1cc(C)c(C2=C(OC(=O)C(C)C)C3(CCC(CC)CC3)NC2=O)c(Cl)c1. The van der Waals surface area contributed by atoms with Crippen LogP contribution in [0.1, 0.15) is 76.5 Å². The number of ether oxygens (including phenoxy) is 1. The van der Waals surface area contributed by atoms with Crippen molar-refractivity contribution in [2.75, 3.05) is 0 Å². The van der Waals surface area contributed by atoms with Crippen LogP contribution < -0.4 is 5.32 Å². The fraction of sp³-hybridized carbons (Fsp3) is 0.520. The number of nitrogens with one attached hydrogen (secondary N) is 1. The lowest BCUT2D eigenvalue weighted by molar-refractivity contribution is -0.144. The highest BCUT2D eigenvalue weighted by Gasteiger charge is 2.50. The number of benzene rings is 1. The van der Waals surface area contributed by atoms with E-state index in [1.165, 1.54) is 0 Å². The molecule has 1 spiro atoms. The van der Waals surface area contributed by atoms with Gasteiger partial charge in [-0.1, -0.05) is 44.7 Å². The Labute approximate surface area is 184 Å². The third-order valence-corrected chi connectivity index (χ3v) is 6.56. The molecule has 2 aliphatic rings. The largest absolute Gasteiger partial charge is 0.427 e. The lowest BCUT2D eigenvalue weighted by Crippen LogP contribution is -2.48. The van der Waals surface area contributed by atoms with Crippen molar-refractivity contribution in [2.45, 2.75) is 72.3 Å². The molecule has 1 aromatic carbocycles. The molecular formula is C25H30ClNO3. The smallest absolute Gasteiger partial charge is 0.313 e. The standard InChI is InChI=1S/C25H30ClNO3/c1-6-8-18-13-16(5)20(19(26)14-18)21-22(30-24(29)15(3)4)25(27-23(21)28)11-9-17(7-2)10-12-25/h13-15,17H,7,9-12H2,1-5H3,(H,27,28). The maximum Gasteiger partial charge on any atom is 0.313 e. The van der Waals surface area contributed by atoms with Crippen LogP contribution in [0.5, 0.6) is 0 Å². The van der Waals surface area contributed by atoms with Crippen LogP contribution in [-0.2, 0) is 14.3 Å². The second-order valence-corrected chi connectivity index (χ2v) is 9.10. The summed E-state index contributed by atoms with van der Waals surface area (Å²) in [5.74, 6) is 6.10. The molecule has 0 unspecified atom stereocenters. The molecule has 0 atom stereocenters. The summed E-state index contributed by atoms with van der Waals surface area (Å²) in [6, 6.07) is 3.68. The zero-order chi connectivity index (χ0) is 22.1. The average Bonchev–Trinajstić information content (AvgIpc) is 2.93. The first kappa shape index (κ1) is 22.4. The highest BCUT2D eigenvalue weighted by atomic mass is 35.5. The highest BCUT2D eigenvalue weighted by Crippen LogP contribution is 2.47. The van der Waals surface area contributed by atoms with Crippen molar-refractivity contribution in [1.82, 2.24) is 5.32 Å². The number of carbonyl (C=O) groups excluding carboxylic acids is 2. The maximum absolute atomic E-state index is 13.2. The summed E-state index contributed by atoms with van der Waals surface area (Å²) in [6.07, 6.45) is 4.62. The molecule has 0 aromatic heterocycles. The average molecular weight is 428 g/mol. The van der Waals surface area contributed by atoms with E-state index in [0.717, 1.165) is 43.2 Å². The Kier molecular flexibility index (Phi) is 6.62. The quantitative estimate of drug-likeness (QED) is 0.517. The van der Waals surface area contributed by atoms with Gasteiger partial charge in [-0.25, -0.2) is 0 Å². The molecule has 1 amide bonds. The molecule has 1 aromatic rings. The summed E-state index contributed by atoms with van der Waals surface area (Å²) < 4.78 is 5.93. The number of amides is 1. The number of rotatable bonds is 4. The van der Waals surface area contributed by atoms with E-state index >= 15 is 0 Å². The predicted molar refractivity (Wildman–Crippen MR) is 120 cm³/mol. The van der Waals surface area contributed by atoms with Gasteiger partial charge in [0.05, 0.1) is 22.1 Å². The Bertz CT molecular complexity index is 933. The van der Waals surface area contributed by atoms with Gasteiger partial charge >= 0.3 is 5.97 Å². The maximum atomic E-state index is 13.2. The Morgan fingerprint density at radius 2 is 2.00 bits per heavy atom. The second-order valence-electron chi connectivity index (χ2n) is 8.69. The van der Waals surface area contributed by atoms with Gasteiger partial charge in [-0.2, -0.15) is 0 Å². The van der Waals surface area contributed by atoms with Gasteiger partial charge in [0.2, 0.25) is 0 Å². The molecule has 0 saturated heterocycles. The Hall–Kier alpha value is -2.25. The minimum absolute atomic E-state index is 0.226. The van der Waals surface area contributed by atoms with Crippen LogP contribution in [0.2, 0.25) is 5.02 Å². The molecular weight excluding hydrogens is 398 g/mol. The van der Waals surface area contributed by atoms with Crippen LogP contribution in [0.25, 0.3) is 5.57 Å². The van der Waals surface area contributed by atoms with Crippen molar-refractivity contribution in [1.29, 1.82) is 0 Å². The Morgan fingerprint density at radius 1 is 1.33 bits per heavy atom. The summed E-state index contributed by atoms with van der Waals surface area (Å²) >= 11 is 6.63. The fourth-order valence-electron chi connectivity index (χ4n) is 4.48. The zero-order valence-corrected chi connectivity index (χ0v) is 19.2. The molecule has 0 radical (unpaired) electrons. The molecule has 1 aliphatic heterocycles. The monoisotopic (exact) mass is 427 g/mol. The van der Waals surface area contributed by atoms with Crippen molar-refractivity contribution in [3.8, 4) is 11.8 Å². The topological polar surface area (TPSA) is 55.4 Å². The van der Waals surface area contributed by atoms with E-state index in [1.807, 2.05) is 13.0 Å². The van der Waals surface area contributed by atoms with Gasteiger partial charge in [0.25, 0.3) is 5.91 Å². The van der Waals surface area contributed by atoms with Crippen molar-refractivity contribution >= 4 is 29.1 Å². The summed E-state index contributed by atoms with van der Waals surface area (Å²) in [6.45, 7) is 9.46. The first-order valence-electron chi connectivity index (χ1n) is 10.7. The molecule has 1 aliphatic carbocycles. The minimum Gasteiger partial charge on any atom is -0.427 e. The van der Waals surface area contributed by atoms with Gasteiger partial charge < -0.3 is 10.1 Å². The number of esters is 1. The summed E-state index contributed by atoms with van der Waals surface area (Å²) in [7, 11) is 0. The number of hydrogen-bond donors (Lipinski definition) is 1. The molecule has 30 heavy (non-hydrogen) atoms. The normalized spacial score (nSPS) is 23.4. The van der Waals surface area contributed by atoms with E-state index in [-0.39, 0.29) is 17.8 Å². The van der Waals surface area contributed by atoms with Gasteiger partial charge in [0, 0.05) is 11.1 Å². The van der Waals surface area contributed by atoms with Crippen molar-refractivity contribution < 1.29 is 14.3 Å². The first-order chi connectivity index (χ1) is 14.2. The van der Waals surface area contributed by atoms with Gasteiger partial charge in [-0.15, -0.1) is 5.92 Å². The molecule has 1 heterocycles. The molecule has 5 heteroatoms. The van der Waals surface area contributed by atoms with E-state index in [2.05, 4.69) is 24.1 Å². The molecule has 1 fully saturated rings. The predicted octanol–water partition coefficient (Wildman–Crippen LogP) is 5.40. The van der Waals surface area contributed by atoms with Crippen LogP contribution in [-0.4, -0.2) is 17.4 Å². The van der Waals surface area contributed by atoms with E-state index in [4.69, 9.17) is 16.3 Å². The Morgan fingerprint density at radius 3 is 2.53 bits per heavy atom. The van der Waals surface area contributed by atoms with E-state index in [1.54, 1.807) is 26.8 Å². The van der Waals surface area contributed by atoms with Crippen LogP contribution in [0, 0.1) is 30.6 Å².